The van der Waals surface area contributed by atoms with E-state index in [1.807, 2.05) is 24.3 Å². The molecule has 88 valence electrons. The van der Waals surface area contributed by atoms with E-state index in [-0.39, 0.29) is 5.92 Å². The highest BCUT2D eigenvalue weighted by Gasteiger charge is 2.23. The third kappa shape index (κ3) is 3.19. The summed E-state index contributed by atoms with van der Waals surface area (Å²) in [5, 5.41) is 3.93. The van der Waals surface area contributed by atoms with Crippen LogP contribution in [-0.2, 0) is 6.42 Å². The second kappa shape index (κ2) is 5.65. The summed E-state index contributed by atoms with van der Waals surface area (Å²) >= 11 is 5.88. The van der Waals surface area contributed by atoms with Crippen molar-refractivity contribution in [3.63, 3.8) is 0 Å². The number of alkyl halides is 1. The first-order chi connectivity index (χ1) is 7.75. The molecule has 3 heteroatoms. The van der Waals surface area contributed by atoms with Gasteiger partial charge in [-0.1, -0.05) is 23.7 Å². The molecular formula is C13H17ClFN. The minimum Gasteiger partial charge on any atom is -0.316 e. The number of rotatable bonds is 3. The molecule has 0 bridgehead atoms. The zero-order chi connectivity index (χ0) is 11.4. The third-order valence-electron chi connectivity index (χ3n) is 3.17. The summed E-state index contributed by atoms with van der Waals surface area (Å²) in [7, 11) is 0. The van der Waals surface area contributed by atoms with E-state index < -0.39 is 6.17 Å². The summed E-state index contributed by atoms with van der Waals surface area (Å²) in [6, 6.07) is 7.49. The van der Waals surface area contributed by atoms with E-state index >= 15 is 0 Å². The topological polar surface area (TPSA) is 12.0 Å². The van der Waals surface area contributed by atoms with Crippen LogP contribution in [-0.4, -0.2) is 19.3 Å². The molecule has 0 aromatic heterocycles. The Kier molecular flexibility index (Phi) is 4.19. The Bertz CT molecular complexity index is 336. The number of piperidine rings is 1. The van der Waals surface area contributed by atoms with Gasteiger partial charge in [-0.05, 0) is 37.1 Å². The average molecular weight is 242 g/mol. The summed E-state index contributed by atoms with van der Waals surface area (Å²) in [4.78, 5) is 0. The molecule has 1 aromatic carbocycles. The normalized spacial score (nSPS) is 23.0. The minimum atomic E-state index is -0.758. The van der Waals surface area contributed by atoms with Gasteiger partial charge in [-0.3, -0.25) is 0 Å². The van der Waals surface area contributed by atoms with Crippen LogP contribution in [0.4, 0.5) is 4.39 Å². The lowest BCUT2D eigenvalue weighted by atomic mass is 9.91. The van der Waals surface area contributed by atoms with Gasteiger partial charge in [-0.15, -0.1) is 0 Å². The van der Waals surface area contributed by atoms with Crippen molar-refractivity contribution in [2.75, 3.05) is 13.1 Å². The predicted molar refractivity (Wildman–Crippen MR) is 65.6 cm³/mol. The van der Waals surface area contributed by atoms with Gasteiger partial charge in [0.25, 0.3) is 0 Å². The molecular weight excluding hydrogens is 225 g/mol. The van der Waals surface area contributed by atoms with Gasteiger partial charge in [0.1, 0.15) is 6.17 Å². The fraction of sp³-hybridized carbons (Fsp3) is 0.538. The Morgan fingerprint density at radius 1 is 1.50 bits per heavy atom. The van der Waals surface area contributed by atoms with Gasteiger partial charge in [0.2, 0.25) is 0 Å². The molecule has 2 atom stereocenters. The van der Waals surface area contributed by atoms with Crippen molar-refractivity contribution >= 4 is 11.6 Å². The molecule has 1 fully saturated rings. The number of halogens is 2. The average Bonchev–Trinajstić information content (AvgIpc) is 2.30. The molecule has 1 N–H and O–H groups in total. The van der Waals surface area contributed by atoms with Gasteiger partial charge in [0.15, 0.2) is 0 Å². The van der Waals surface area contributed by atoms with Crippen molar-refractivity contribution in [1.82, 2.24) is 5.32 Å². The third-order valence-corrected chi connectivity index (χ3v) is 3.40. The van der Waals surface area contributed by atoms with E-state index in [9.17, 15) is 4.39 Å². The Morgan fingerprint density at radius 2 is 2.38 bits per heavy atom. The number of hydrogen-bond acceptors (Lipinski definition) is 1. The fourth-order valence-corrected chi connectivity index (χ4v) is 2.46. The van der Waals surface area contributed by atoms with E-state index in [2.05, 4.69) is 5.32 Å². The van der Waals surface area contributed by atoms with Crippen LogP contribution in [0.3, 0.4) is 0 Å². The van der Waals surface area contributed by atoms with Crippen LogP contribution in [0.25, 0.3) is 0 Å². The van der Waals surface area contributed by atoms with Crippen LogP contribution in [0.15, 0.2) is 24.3 Å². The molecule has 0 aliphatic carbocycles. The maximum absolute atomic E-state index is 14.0. The molecule has 1 heterocycles. The highest BCUT2D eigenvalue weighted by molar-refractivity contribution is 6.30. The van der Waals surface area contributed by atoms with E-state index in [0.717, 1.165) is 31.5 Å². The predicted octanol–water partition coefficient (Wildman–Crippen LogP) is 3.22. The minimum absolute atomic E-state index is 0.160. The van der Waals surface area contributed by atoms with E-state index in [1.54, 1.807) is 0 Å². The summed E-state index contributed by atoms with van der Waals surface area (Å²) in [6.07, 6.45) is 1.80. The monoisotopic (exact) mass is 241 g/mol. The highest BCUT2D eigenvalue weighted by Crippen LogP contribution is 2.21. The van der Waals surface area contributed by atoms with Crippen LogP contribution < -0.4 is 5.32 Å². The van der Waals surface area contributed by atoms with E-state index in [0.29, 0.717) is 11.4 Å². The maximum atomic E-state index is 14.0. The zero-order valence-electron chi connectivity index (χ0n) is 9.26. The van der Waals surface area contributed by atoms with Crippen molar-refractivity contribution < 1.29 is 4.39 Å². The van der Waals surface area contributed by atoms with Crippen LogP contribution in [0.5, 0.6) is 0 Å². The zero-order valence-corrected chi connectivity index (χ0v) is 10.0. The molecule has 2 unspecified atom stereocenters. The van der Waals surface area contributed by atoms with Crippen LogP contribution in [0, 0.1) is 5.92 Å². The van der Waals surface area contributed by atoms with Gasteiger partial charge >= 0.3 is 0 Å². The first-order valence-electron chi connectivity index (χ1n) is 5.85. The smallest absolute Gasteiger partial charge is 0.108 e. The molecule has 1 aliphatic heterocycles. The van der Waals surface area contributed by atoms with Gasteiger partial charge < -0.3 is 5.32 Å². The van der Waals surface area contributed by atoms with E-state index in [4.69, 9.17) is 11.6 Å². The fourth-order valence-electron chi connectivity index (χ4n) is 2.24. The molecule has 0 saturated carbocycles. The van der Waals surface area contributed by atoms with Crippen molar-refractivity contribution in [1.29, 1.82) is 0 Å². The Balaban J connectivity index is 1.93. The van der Waals surface area contributed by atoms with Crippen molar-refractivity contribution in [3.8, 4) is 0 Å². The second-order valence-electron chi connectivity index (χ2n) is 4.46. The largest absolute Gasteiger partial charge is 0.316 e. The van der Waals surface area contributed by atoms with Crippen molar-refractivity contribution in [2.45, 2.75) is 25.4 Å². The van der Waals surface area contributed by atoms with E-state index in [1.165, 1.54) is 0 Å². The lowest BCUT2D eigenvalue weighted by molar-refractivity contribution is 0.191. The van der Waals surface area contributed by atoms with Gasteiger partial charge in [0, 0.05) is 23.9 Å². The van der Waals surface area contributed by atoms with Gasteiger partial charge in [-0.25, -0.2) is 4.39 Å². The SMILES string of the molecule is FC(Cc1cccc(Cl)c1)C1CCCNC1. The Morgan fingerprint density at radius 3 is 3.06 bits per heavy atom. The molecule has 0 spiro atoms. The molecule has 16 heavy (non-hydrogen) atoms. The van der Waals surface area contributed by atoms with Crippen molar-refractivity contribution in [3.05, 3.63) is 34.9 Å². The maximum Gasteiger partial charge on any atom is 0.108 e. The summed E-state index contributed by atoms with van der Waals surface area (Å²) in [5.74, 6) is 0.160. The summed E-state index contributed by atoms with van der Waals surface area (Å²) in [6.45, 7) is 1.84. The first-order valence-corrected chi connectivity index (χ1v) is 6.23. The summed E-state index contributed by atoms with van der Waals surface area (Å²) < 4.78 is 14.0. The van der Waals surface area contributed by atoms with Crippen LogP contribution >= 0.6 is 11.6 Å². The molecule has 0 radical (unpaired) electrons. The lowest BCUT2D eigenvalue weighted by Crippen LogP contribution is -2.35. The van der Waals surface area contributed by atoms with Gasteiger partial charge in [0.05, 0.1) is 0 Å². The number of benzene rings is 1. The highest BCUT2D eigenvalue weighted by atomic mass is 35.5. The second-order valence-corrected chi connectivity index (χ2v) is 4.89. The molecule has 1 aromatic rings. The van der Waals surface area contributed by atoms with Crippen molar-refractivity contribution in [2.24, 2.45) is 5.92 Å². The van der Waals surface area contributed by atoms with Gasteiger partial charge in [-0.2, -0.15) is 0 Å². The quantitative estimate of drug-likeness (QED) is 0.857. The lowest BCUT2D eigenvalue weighted by Gasteiger charge is -2.25. The summed E-state index contributed by atoms with van der Waals surface area (Å²) in [5.41, 5.74) is 0.991. The molecule has 1 aliphatic rings. The van der Waals surface area contributed by atoms with Crippen LogP contribution in [0.1, 0.15) is 18.4 Å². The standard InChI is InChI=1S/C13H17ClFN/c14-12-5-1-3-10(7-12)8-13(15)11-4-2-6-16-9-11/h1,3,5,7,11,13,16H,2,4,6,8-9H2. The molecule has 0 amide bonds. The molecule has 1 nitrogen and oxygen atoms in total. The first kappa shape index (κ1) is 11.9. The number of nitrogens with one attached hydrogen (secondary N) is 1. The molecule has 1 saturated heterocycles. The Labute approximate surface area is 101 Å². The Hall–Kier alpha value is -0.600. The molecule has 2 rings (SSSR count). The van der Waals surface area contributed by atoms with Crippen LogP contribution in [0.2, 0.25) is 5.02 Å². The number of hydrogen-bond donors (Lipinski definition) is 1.